The molecule has 0 bridgehead atoms. The highest BCUT2D eigenvalue weighted by Crippen LogP contribution is 2.38. The first-order chi connectivity index (χ1) is 11.5. The molecule has 6 nitrogen and oxygen atoms in total. The molecule has 2 rings (SSSR count). The Morgan fingerprint density at radius 1 is 1.17 bits per heavy atom. The van der Waals surface area contributed by atoms with Crippen molar-refractivity contribution in [3.8, 4) is 17.2 Å². The van der Waals surface area contributed by atoms with E-state index < -0.39 is 5.60 Å². The summed E-state index contributed by atoms with van der Waals surface area (Å²) in [5.74, 6) is 1.31. The third-order valence-corrected chi connectivity index (χ3v) is 4.24. The molecule has 0 aromatic heterocycles. The van der Waals surface area contributed by atoms with Crippen LogP contribution in [0.2, 0.25) is 0 Å². The molecule has 0 saturated heterocycles. The Morgan fingerprint density at radius 2 is 1.75 bits per heavy atom. The number of rotatable bonds is 7. The van der Waals surface area contributed by atoms with Crippen molar-refractivity contribution in [3.05, 3.63) is 23.8 Å². The van der Waals surface area contributed by atoms with E-state index in [9.17, 15) is 9.90 Å². The SMILES string of the molecule is COc1cc(/C=C/C(=O)NCC2(O)CCCC2)cc(OC)c1OC. The van der Waals surface area contributed by atoms with Gasteiger partial charge in [-0.1, -0.05) is 12.8 Å². The number of ether oxygens (including phenoxy) is 3. The van der Waals surface area contributed by atoms with E-state index in [1.165, 1.54) is 13.2 Å². The highest BCUT2D eigenvalue weighted by atomic mass is 16.5. The molecule has 0 atom stereocenters. The molecular formula is C18H25NO5. The van der Waals surface area contributed by atoms with Gasteiger partial charge in [0.05, 0.1) is 26.9 Å². The van der Waals surface area contributed by atoms with Crippen molar-refractivity contribution in [2.24, 2.45) is 0 Å². The van der Waals surface area contributed by atoms with Crippen molar-refractivity contribution in [3.63, 3.8) is 0 Å². The van der Waals surface area contributed by atoms with Crippen molar-refractivity contribution in [1.82, 2.24) is 5.32 Å². The number of carbonyl (C=O) groups excluding carboxylic acids is 1. The van der Waals surface area contributed by atoms with Crippen LogP contribution in [-0.4, -0.2) is 44.5 Å². The van der Waals surface area contributed by atoms with E-state index in [2.05, 4.69) is 5.32 Å². The van der Waals surface area contributed by atoms with Gasteiger partial charge in [0.25, 0.3) is 0 Å². The van der Waals surface area contributed by atoms with Gasteiger partial charge in [-0.15, -0.1) is 0 Å². The maximum Gasteiger partial charge on any atom is 0.244 e. The summed E-state index contributed by atoms with van der Waals surface area (Å²) in [4.78, 5) is 12.0. The average Bonchev–Trinajstić information content (AvgIpc) is 3.04. The largest absolute Gasteiger partial charge is 0.493 e. The van der Waals surface area contributed by atoms with Gasteiger partial charge in [-0.05, 0) is 36.6 Å². The molecule has 1 aromatic carbocycles. The van der Waals surface area contributed by atoms with Gasteiger partial charge in [-0.25, -0.2) is 0 Å². The van der Waals surface area contributed by atoms with Gasteiger partial charge < -0.3 is 24.6 Å². The summed E-state index contributed by atoms with van der Waals surface area (Å²) in [5, 5.41) is 13.0. The molecule has 1 aromatic rings. The number of aliphatic hydroxyl groups is 1. The normalized spacial score (nSPS) is 16.2. The van der Waals surface area contributed by atoms with Crippen LogP contribution in [0.15, 0.2) is 18.2 Å². The summed E-state index contributed by atoms with van der Waals surface area (Å²) in [5.41, 5.74) is -0.00463. The fourth-order valence-electron chi connectivity index (χ4n) is 2.89. The number of methoxy groups -OCH3 is 3. The van der Waals surface area contributed by atoms with Gasteiger partial charge >= 0.3 is 0 Å². The number of nitrogens with one attached hydrogen (secondary N) is 1. The number of amides is 1. The molecule has 2 N–H and O–H groups in total. The number of hydrogen-bond acceptors (Lipinski definition) is 5. The Balaban J connectivity index is 2.03. The minimum atomic E-state index is -0.754. The molecule has 1 amide bonds. The van der Waals surface area contributed by atoms with Gasteiger partial charge in [0.15, 0.2) is 11.5 Å². The summed E-state index contributed by atoms with van der Waals surface area (Å²) in [6.07, 6.45) is 6.59. The zero-order valence-corrected chi connectivity index (χ0v) is 14.4. The van der Waals surface area contributed by atoms with E-state index in [-0.39, 0.29) is 12.5 Å². The van der Waals surface area contributed by atoms with Crippen molar-refractivity contribution >= 4 is 12.0 Å². The molecule has 0 unspecified atom stereocenters. The van der Waals surface area contributed by atoms with E-state index >= 15 is 0 Å². The highest BCUT2D eigenvalue weighted by Gasteiger charge is 2.30. The number of benzene rings is 1. The Labute approximate surface area is 142 Å². The highest BCUT2D eigenvalue weighted by molar-refractivity contribution is 5.92. The quantitative estimate of drug-likeness (QED) is 0.747. The van der Waals surface area contributed by atoms with Crippen molar-refractivity contribution < 1.29 is 24.1 Å². The molecule has 1 saturated carbocycles. The molecular weight excluding hydrogens is 310 g/mol. The molecule has 24 heavy (non-hydrogen) atoms. The molecule has 1 aliphatic carbocycles. The summed E-state index contributed by atoms with van der Waals surface area (Å²) >= 11 is 0. The van der Waals surface area contributed by atoms with Crippen LogP contribution in [0.5, 0.6) is 17.2 Å². The maximum absolute atomic E-state index is 12.0. The van der Waals surface area contributed by atoms with Crippen LogP contribution in [0, 0.1) is 0 Å². The van der Waals surface area contributed by atoms with Crippen molar-refractivity contribution in [1.29, 1.82) is 0 Å². The van der Waals surface area contributed by atoms with Crippen LogP contribution in [0.3, 0.4) is 0 Å². The first-order valence-corrected chi connectivity index (χ1v) is 7.99. The summed E-state index contributed by atoms with van der Waals surface area (Å²) in [7, 11) is 4.62. The third kappa shape index (κ3) is 4.41. The first-order valence-electron chi connectivity index (χ1n) is 7.99. The van der Waals surface area contributed by atoms with E-state index in [1.54, 1.807) is 32.4 Å². The van der Waals surface area contributed by atoms with Crippen LogP contribution in [0.25, 0.3) is 6.08 Å². The second-order valence-electron chi connectivity index (χ2n) is 5.94. The Hall–Kier alpha value is -2.21. The minimum absolute atomic E-state index is 0.246. The lowest BCUT2D eigenvalue weighted by Gasteiger charge is -2.21. The molecule has 0 spiro atoms. The van der Waals surface area contributed by atoms with Gasteiger partial charge in [-0.2, -0.15) is 0 Å². The Kier molecular flexibility index (Phi) is 6.09. The van der Waals surface area contributed by atoms with Crippen LogP contribution >= 0.6 is 0 Å². The van der Waals surface area contributed by atoms with E-state index in [0.717, 1.165) is 31.2 Å². The smallest absolute Gasteiger partial charge is 0.244 e. The topological polar surface area (TPSA) is 77.0 Å². The van der Waals surface area contributed by atoms with Crippen molar-refractivity contribution in [2.45, 2.75) is 31.3 Å². The zero-order chi connectivity index (χ0) is 17.6. The second kappa shape index (κ2) is 8.06. The average molecular weight is 335 g/mol. The molecule has 0 aliphatic heterocycles. The predicted molar refractivity (Wildman–Crippen MR) is 91.6 cm³/mol. The lowest BCUT2D eigenvalue weighted by molar-refractivity contribution is -0.117. The molecule has 6 heteroatoms. The lowest BCUT2D eigenvalue weighted by atomic mass is 10.0. The Morgan fingerprint density at radius 3 is 2.25 bits per heavy atom. The zero-order valence-electron chi connectivity index (χ0n) is 14.4. The van der Waals surface area contributed by atoms with Crippen molar-refractivity contribution in [2.75, 3.05) is 27.9 Å². The monoisotopic (exact) mass is 335 g/mol. The molecule has 1 fully saturated rings. The van der Waals surface area contributed by atoms with Crippen LogP contribution in [0.1, 0.15) is 31.2 Å². The van der Waals surface area contributed by atoms with Crippen LogP contribution in [-0.2, 0) is 4.79 Å². The van der Waals surface area contributed by atoms with Crippen LogP contribution in [0.4, 0.5) is 0 Å². The van der Waals surface area contributed by atoms with Gasteiger partial charge in [0, 0.05) is 12.6 Å². The van der Waals surface area contributed by atoms with E-state index in [4.69, 9.17) is 14.2 Å². The first kappa shape index (κ1) is 18.1. The predicted octanol–water partition coefficient (Wildman–Crippen LogP) is 2.15. The lowest BCUT2D eigenvalue weighted by Crippen LogP contribution is -2.40. The minimum Gasteiger partial charge on any atom is -0.493 e. The summed E-state index contributed by atoms with van der Waals surface area (Å²) in [6, 6.07) is 3.52. The van der Waals surface area contributed by atoms with Gasteiger partial charge in [-0.3, -0.25) is 4.79 Å². The molecule has 0 heterocycles. The third-order valence-electron chi connectivity index (χ3n) is 4.24. The summed E-state index contributed by atoms with van der Waals surface area (Å²) < 4.78 is 15.8. The fourth-order valence-corrected chi connectivity index (χ4v) is 2.89. The van der Waals surface area contributed by atoms with Gasteiger partial charge in [0.2, 0.25) is 11.7 Å². The second-order valence-corrected chi connectivity index (χ2v) is 5.94. The molecule has 132 valence electrons. The fraction of sp³-hybridized carbons (Fsp3) is 0.500. The molecule has 1 aliphatic rings. The Bertz CT molecular complexity index is 580. The maximum atomic E-state index is 12.0. The van der Waals surface area contributed by atoms with E-state index in [0.29, 0.717) is 17.2 Å². The summed E-state index contributed by atoms with van der Waals surface area (Å²) in [6.45, 7) is 0.283. The van der Waals surface area contributed by atoms with E-state index in [1.807, 2.05) is 0 Å². The standard InChI is InChI=1S/C18H25NO5/c1-22-14-10-13(11-15(23-2)17(14)24-3)6-7-16(20)19-12-18(21)8-4-5-9-18/h6-7,10-11,21H,4-5,8-9,12H2,1-3H3,(H,19,20)/b7-6+. The van der Waals surface area contributed by atoms with Gasteiger partial charge in [0.1, 0.15) is 0 Å². The number of carbonyl (C=O) groups is 1. The number of hydrogen-bond donors (Lipinski definition) is 2. The van der Waals surface area contributed by atoms with Crippen LogP contribution < -0.4 is 19.5 Å². The molecule has 0 radical (unpaired) electrons.